The molecule has 1 N–H and O–H groups in total. The fourth-order valence-electron chi connectivity index (χ4n) is 4.84. The summed E-state index contributed by atoms with van der Waals surface area (Å²) < 4.78 is 9.07. The number of fused-ring (bicyclic) bond motifs is 1. The minimum atomic E-state index is -0.595. The van der Waals surface area contributed by atoms with Crippen LogP contribution < -0.4 is 11.2 Å². The second kappa shape index (κ2) is 11.1. The lowest BCUT2D eigenvalue weighted by Crippen LogP contribution is -2.41. The maximum atomic E-state index is 13.6. The molecule has 0 unspecified atom stereocenters. The summed E-state index contributed by atoms with van der Waals surface area (Å²) in [6.45, 7) is 6.08. The Labute approximate surface area is 229 Å². The molecule has 5 rings (SSSR count). The number of esters is 1. The number of methoxy groups -OCH3 is 1. The number of hydrogen-bond donors (Lipinski definition) is 1. The molecule has 206 valence electrons. The fourth-order valence-corrected chi connectivity index (χ4v) is 4.84. The number of aromatic amines is 1. The number of hydrogen-bond acceptors (Lipinski definition) is 8. The molecule has 0 aliphatic carbocycles. The third-order valence-corrected chi connectivity index (χ3v) is 6.74. The summed E-state index contributed by atoms with van der Waals surface area (Å²) in [5.74, 6) is 0.509. The van der Waals surface area contributed by atoms with Gasteiger partial charge in [0.05, 0.1) is 7.11 Å². The van der Waals surface area contributed by atoms with E-state index >= 15 is 0 Å². The summed E-state index contributed by atoms with van der Waals surface area (Å²) in [4.78, 5) is 43.8. The van der Waals surface area contributed by atoms with Crippen molar-refractivity contribution in [1.29, 1.82) is 0 Å². The second-order valence-electron chi connectivity index (χ2n) is 9.76. The Bertz CT molecular complexity index is 1780. The molecule has 2 aromatic carbocycles. The molecule has 0 aliphatic heterocycles. The molecule has 12 nitrogen and oxygen atoms in total. The van der Waals surface area contributed by atoms with E-state index in [1.165, 1.54) is 16.2 Å². The fraction of sp³-hybridized carbons (Fsp3) is 0.321. The van der Waals surface area contributed by atoms with Gasteiger partial charge < -0.3 is 9.30 Å². The molecule has 0 saturated carbocycles. The predicted octanol–water partition coefficient (Wildman–Crippen LogP) is 2.96. The SMILES string of the molecule is CCCn1c(=O)c2c(nc(C(C)C)n2Cc2ccc(-c3ccccc3-c3nn[nH]n3)cc2)n(CC(=O)OC)c1=O. The van der Waals surface area contributed by atoms with Gasteiger partial charge in [-0.3, -0.25) is 18.7 Å². The molecular formula is C28H30N8O4. The summed E-state index contributed by atoms with van der Waals surface area (Å²) in [7, 11) is 1.26. The quantitative estimate of drug-likeness (QED) is 0.280. The third-order valence-electron chi connectivity index (χ3n) is 6.74. The van der Waals surface area contributed by atoms with Crippen molar-refractivity contribution in [3.63, 3.8) is 0 Å². The van der Waals surface area contributed by atoms with Crippen molar-refractivity contribution in [2.24, 2.45) is 0 Å². The minimum absolute atomic E-state index is 0.0470. The van der Waals surface area contributed by atoms with Gasteiger partial charge in [-0.25, -0.2) is 9.78 Å². The number of rotatable bonds is 9. The van der Waals surface area contributed by atoms with Crippen molar-refractivity contribution >= 4 is 17.1 Å². The van der Waals surface area contributed by atoms with E-state index in [1.54, 1.807) is 0 Å². The van der Waals surface area contributed by atoms with Gasteiger partial charge in [0.1, 0.15) is 12.4 Å². The Kier molecular flexibility index (Phi) is 7.41. The monoisotopic (exact) mass is 542 g/mol. The Balaban J connectivity index is 1.61. The molecule has 0 saturated heterocycles. The maximum Gasteiger partial charge on any atom is 0.333 e. The van der Waals surface area contributed by atoms with E-state index in [2.05, 4.69) is 20.6 Å². The number of tetrazole rings is 1. The van der Waals surface area contributed by atoms with Crippen molar-refractivity contribution in [2.75, 3.05) is 7.11 Å². The highest BCUT2D eigenvalue weighted by Crippen LogP contribution is 2.30. The summed E-state index contributed by atoms with van der Waals surface area (Å²) >= 11 is 0. The van der Waals surface area contributed by atoms with E-state index in [-0.39, 0.29) is 30.2 Å². The number of imidazole rings is 1. The first-order chi connectivity index (χ1) is 19.3. The molecule has 40 heavy (non-hydrogen) atoms. The van der Waals surface area contributed by atoms with Crippen LogP contribution in [0.4, 0.5) is 0 Å². The van der Waals surface area contributed by atoms with Gasteiger partial charge in [-0.1, -0.05) is 69.3 Å². The van der Waals surface area contributed by atoms with Crippen LogP contribution in [-0.2, 0) is 29.2 Å². The molecule has 0 aliphatic rings. The number of nitrogens with zero attached hydrogens (tertiary/aromatic N) is 7. The van der Waals surface area contributed by atoms with E-state index < -0.39 is 17.2 Å². The van der Waals surface area contributed by atoms with Crippen molar-refractivity contribution < 1.29 is 9.53 Å². The molecule has 12 heteroatoms. The summed E-state index contributed by atoms with van der Waals surface area (Å²) in [5, 5.41) is 14.4. The predicted molar refractivity (Wildman–Crippen MR) is 149 cm³/mol. The van der Waals surface area contributed by atoms with Crippen molar-refractivity contribution in [3.8, 4) is 22.5 Å². The van der Waals surface area contributed by atoms with Crippen LogP contribution in [-0.4, -0.2) is 52.4 Å². The molecule has 0 atom stereocenters. The zero-order valence-corrected chi connectivity index (χ0v) is 22.8. The highest BCUT2D eigenvalue weighted by molar-refractivity contribution is 5.80. The van der Waals surface area contributed by atoms with Gasteiger partial charge in [0.2, 0.25) is 5.82 Å². The Morgan fingerprint density at radius 2 is 1.73 bits per heavy atom. The van der Waals surface area contributed by atoms with Crippen LogP contribution in [0.2, 0.25) is 0 Å². The molecule has 0 fully saturated rings. The zero-order chi connectivity index (χ0) is 28.4. The van der Waals surface area contributed by atoms with Gasteiger partial charge in [-0.2, -0.15) is 5.21 Å². The first kappa shape index (κ1) is 26.7. The lowest BCUT2D eigenvalue weighted by molar-refractivity contribution is -0.141. The molecule has 3 heterocycles. The molecule has 5 aromatic rings. The van der Waals surface area contributed by atoms with Crippen LogP contribution in [0.1, 0.15) is 44.5 Å². The summed E-state index contributed by atoms with van der Waals surface area (Å²) in [6, 6.07) is 15.8. The first-order valence-electron chi connectivity index (χ1n) is 13.1. The van der Waals surface area contributed by atoms with Gasteiger partial charge in [0, 0.05) is 24.6 Å². The van der Waals surface area contributed by atoms with Gasteiger partial charge in [0.25, 0.3) is 5.56 Å². The molecule has 3 aromatic heterocycles. The number of carbonyl (C=O) groups excluding carboxylic acids is 1. The molecule has 0 amide bonds. The average Bonchev–Trinajstić information content (AvgIpc) is 3.63. The van der Waals surface area contributed by atoms with Crippen molar-refractivity contribution in [1.82, 2.24) is 39.3 Å². The molecule has 0 spiro atoms. The lowest BCUT2D eigenvalue weighted by atomic mass is 9.98. The van der Waals surface area contributed by atoms with E-state index in [1.807, 2.05) is 73.9 Å². The van der Waals surface area contributed by atoms with Crippen LogP contribution in [0.15, 0.2) is 58.1 Å². The van der Waals surface area contributed by atoms with Gasteiger partial charge >= 0.3 is 11.7 Å². The highest BCUT2D eigenvalue weighted by atomic mass is 16.5. The van der Waals surface area contributed by atoms with Gasteiger partial charge in [-0.05, 0) is 28.3 Å². The molecular weight excluding hydrogens is 512 g/mol. The first-order valence-corrected chi connectivity index (χ1v) is 13.1. The molecule has 0 radical (unpaired) electrons. The summed E-state index contributed by atoms with van der Waals surface area (Å²) in [5.41, 5.74) is 3.19. The maximum absolute atomic E-state index is 13.6. The van der Waals surface area contributed by atoms with Gasteiger partial charge in [0.15, 0.2) is 11.2 Å². The van der Waals surface area contributed by atoms with Gasteiger partial charge in [-0.15, -0.1) is 10.2 Å². The number of nitrogens with one attached hydrogen (secondary N) is 1. The smallest absolute Gasteiger partial charge is 0.333 e. The topological polar surface area (TPSA) is 143 Å². The Morgan fingerprint density at radius 3 is 2.35 bits per heavy atom. The third kappa shape index (κ3) is 4.83. The highest BCUT2D eigenvalue weighted by Gasteiger charge is 2.24. The normalized spacial score (nSPS) is 11.4. The van der Waals surface area contributed by atoms with E-state index in [9.17, 15) is 14.4 Å². The number of H-pyrrole nitrogens is 1. The van der Waals surface area contributed by atoms with E-state index in [0.717, 1.165) is 22.3 Å². The van der Waals surface area contributed by atoms with Crippen LogP contribution in [0.3, 0.4) is 0 Å². The zero-order valence-electron chi connectivity index (χ0n) is 22.8. The Morgan fingerprint density at radius 1 is 1.00 bits per heavy atom. The lowest BCUT2D eigenvalue weighted by Gasteiger charge is -2.14. The van der Waals surface area contributed by atoms with Crippen LogP contribution in [0, 0.1) is 0 Å². The standard InChI is InChI=1S/C28H30N8O4/c1-5-14-34-27(38)23-26(36(28(34)39)16-22(37)40-4)29-25(17(2)3)35(23)15-18-10-12-19(13-11-18)20-8-6-7-9-21(20)24-30-32-33-31-24/h6-13,17H,5,14-16H2,1-4H3,(H,30,31,32,33). The Hall–Kier alpha value is -4.87. The number of benzene rings is 2. The van der Waals surface area contributed by atoms with Crippen molar-refractivity contribution in [3.05, 3.63) is 80.8 Å². The number of aromatic nitrogens is 8. The average molecular weight is 543 g/mol. The number of carbonyl (C=O) groups is 1. The van der Waals surface area contributed by atoms with Crippen LogP contribution in [0.25, 0.3) is 33.7 Å². The second-order valence-corrected chi connectivity index (χ2v) is 9.76. The van der Waals surface area contributed by atoms with Crippen LogP contribution in [0.5, 0.6) is 0 Å². The molecule has 0 bridgehead atoms. The van der Waals surface area contributed by atoms with E-state index in [4.69, 9.17) is 9.72 Å². The number of ether oxygens (including phenoxy) is 1. The largest absolute Gasteiger partial charge is 0.468 e. The van der Waals surface area contributed by atoms with Crippen LogP contribution >= 0.6 is 0 Å². The van der Waals surface area contributed by atoms with Crippen molar-refractivity contribution in [2.45, 2.75) is 52.7 Å². The van der Waals surface area contributed by atoms with E-state index in [0.29, 0.717) is 24.6 Å². The summed E-state index contributed by atoms with van der Waals surface area (Å²) in [6.07, 6.45) is 0.580. The minimum Gasteiger partial charge on any atom is -0.468 e.